The number of hydrogen-bond acceptors (Lipinski definition) is 3. The van der Waals surface area contributed by atoms with E-state index in [0.717, 1.165) is 11.3 Å². The Morgan fingerprint density at radius 1 is 1.00 bits per heavy atom. The molecule has 0 saturated heterocycles. The lowest BCUT2D eigenvalue weighted by molar-refractivity contribution is -0.120. The van der Waals surface area contributed by atoms with Gasteiger partial charge in [0.25, 0.3) is 5.91 Å². The maximum atomic E-state index is 12.3. The lowest BCUT2D eigenvalue weighted by Crippen LogP contribution is -2.34. The van der Waals surface area contributed by atoms with Gasteiger partial charge in [-0.1, -0.05) is 38.1 Å². The fourth-order valence-corrected chi connectivity index (χ4v) is 2.71. The molecule has 0 spiro atoms. The van der Waals surface area contributed by atoms with Crippen LogP contribution in [0.1, 0.15) is 47.7 Å². The molecule has 0 bridgehead atoms. The average Bonchev–Trinajstić information content (AvgIpc) is 2.67. The van der Waals surface area contributed by atoms with E-state index in [0.29, 0.717) is 24.3 Å². The molecule has 0 heterocycles. The number of rotatable bonds is 6. The van der Waals surface area contributed by atoms with Crippen molar-refractivity contribution in [1.29, 1.82) is 0 Å². The molecule has 2 aromatic carbocycles. The van der Waals surface area contributed by atoms with Gasteiger partial charge in [0.05, 0.1) is 0 Å². The van der Waals surface area contributed by atoms with Crippen LogP contribution >= 0.6 is 12.2 Å². The van der Waals surface area contributed by atoms with Gasteiger partial charge < -0.3 is 10.6 Å². The molecule has 3 N–H and O–H groups in total. The minimum absolute atomic E-state index is 0.0162. The van der Waals surface area contributed by atoms with Crippen molar-refractivity contribution in [2.45, 2.75) is 32.6 Å². The second-order valence-electron chi connectivity index (χ2n) is 6.56. The van der Waals surface area contributed by atoms with Crippen molar-refractivity contribution in [3.63, 3.8) is 0 Å². The van der Waals surface area contributed by atoms with Gasteiger partial charge >= 0.3 is 0 Å². The summed E-state index contributed by atoms with van der Waals surface area (Å²) >= 11 is 5.22. The summed E-state index contributed by atoms with van der Waals surface area (Å²) in [5, 5.41) is 8.53. The van der Waals surface area contributed by atoms with Crippen molar-refractivity contribution in [3.8, 4) is 0 Å². The number of hydrogen-bond donors (Lipinski definition) is 3. The molecule has 0 saturated carbocycles. The predicted molar refractivity (Wildman–Crippen MR) is 113 cm³/mol. The molecule has 2 aromatic rings. The summed E-state index contributed by atoms with van der Waals surface area (Å²) in [4.78, 5) is 23.6. The minimum atomic E-state index is -0.245. The Balaban J connectivity index is 1.87. The Labute approximate surface area is 165 Å². The topological polar surface area (TPSA) is 70.2 Å². The zero-order valence-corrected chi connectivity index (χ0v) is 16.7. The molecule has 0 fully saturated rings. The number of amides is 2. The van der Waals surface area contributed by atoms with Crippen LogP contribution in [0.15, 0.2) is 48.5 Å². The van der Waals surface area contributed by atoms with Crippen LogP contribution in [0.3, 0.4) is 0 Å². The fourth-order valence-electron chi connectivity index (χ4n) is 2.49. The van der Waals surface area contributed by atoms with E-state index in [1.165, 1.54) is 5.56 Å². The van der Waals surface area contributed by atoms with Crippen LogP contribution in [0.4, 0.5) is 5.69 Å². The first-order chi connectivity index (χ1) is 12.9. The summed E-state index contributed by atoms with van der Waals surface area (Å²) in [5.74, 6) is 0.191. The molecule has 0 atom stereocenters. The lowest BCUT2D eigenvalue weighted by Gasteiger charge is -2.11. The number of benzene rings is 2. The SMILES string of the molecule is CNC(=O)CCc1ccc(NC(=S)NC(=O)c2ccc(C(C)C)cc2)cc1. The molecule has 5 nitrogen and oxygen atoms in total. The summed E-state index contributed by atoms with van der Waals surface area (Å²) in [7, 11) is 1.63. The monoisotopic (exact) mass is 383 g/mol. The fraction of sp³-hybridized carbons (Fsp3) is 0.286. The van der Waals surface area contributed by atoms with Crippen LogP contribution < -0.4 is 16.0 Å². The molecule has 0 unspecified atom stereocenters. The lowest BCUT2D eigenvalue weighted by atomic mass is 10.0. The Morgan fingerprint density at radius 2 is 1.63 bits per heavy atom. The van der Waals surface area contributed by atoms with Gasteiger partial charge in [-0.05, 0) is 59.9 Å². The first-order valence-corrected chi connectivity index (χ1v) is 9.31. The normalized spacial score (nSPS) is 10.4. The van der Waals surface area contributed by atoms with E-state index in [9.17, 15) is 9.59 Å². The Bertz CT molecular complexity index is 799. The molecule has 2 rings (SSSR count). The van der Waals surface area contributed by atoms with Gasteiger partial charge in [0.2, 0.25) is 5.91 Å². The zero-order chi connectivity index (χ0) is 19.8. The van der Waals surface area contributed by atoms with E-state index in [-0.39, 0.29) is 16.9 Å². The second-order valence-corrected chi connectivity index (χ2v) is 6.96. The minimum Gasteiger partial charge on any atom is -0.359 e. The first kappa shape index (κ1) is 20.6. The van der Waals surface area contributed by atoms with Crippen LogP contribution in [0.25, 0.3) is 0 Å². The number of anilines is 1. The molecule has 142 valence electrons. The molecular weight excluding hydrogens is 358 g/mol. The van der Waals surface area contributed by atoms with Gasteiger partial charge in [0, 0.05) is 24.7 Å². The van der Waals surface area contributed by atoms with Crippen molar-refractivity contribution in [2.75, 3.05) is 12.4 Å². The number of carbonyl (C=O) groups excluding carboxylic acids is 2. The van der Waals surface area contributed by atoms with E-state index in [1.807, 2.05) is 36.4 Å². The zero-order valence-electron chi connectivity index (χ0n) is 15.8. The Morgan fingerprint density at radius 3 is 2.19 bits per heavy atom. The number of aryl methyl sites for hydroxylation is 1. The quantitative estimate of drug-likeness (QED) is 0.667. The Kier molecular flexibility index (Phi) is 7.49. The number of thiocarbonyl (C=S) groups is 1. The van der Waals surface area contributed by atoms with Crippen LogP contribution in [0, 0.1) is 0 Å². The average molecular weight is 384 g/mol. The highest BCUT2D eigenvalue weighted by Crippen LogP contribution is 2.15. The summed E-state index contributed by atoms with van der Waals surface area (Å²) in [6.07, 6.45) is 1.13. The van der Waals surface area contributed by atoms with Crippen molar-refractivity contribution in [1.82, 2.24) is 10.6 Å². The highest BCUT2D eigenvalue weighted by molar-refractivity contribution is 7.80. The van der Waals surface area contributed by atoms with E-state index >= 15 is 0 Å². The van der Waals surface area contributed by atoms with E-state index in [4.69, 9.17) is 12.2 Å². The molecular formula is C21H25N3O2S. The van der Waals surface area contributed by atoms with Gasteiger partial charge in [-0.3, -0.25) is 14.9 Å². The van der Waals surface area contributed by atoms with Crippen LogP contribution in [-0.4, -0.2) is 24.0 Å². The van der Waals surface area contributed by atoms with Gasteiger partial charge in [0.15, 0.2) is 5.11 Å². The predicted octanol–water partition coefficient (Wildman–Crippen LogP) is 3.62. The number of nitrogens with one attached hydrogen (secondary N) is 3. The summed E-state index contributed by atoms with van der Waals surface area (Å²) in [6, 6.07) is 15.1. The molecule has 0 aliphatic heterocycles. The molecule has 27 heavy (non-hydrogen) atoms. The van der Waals surface area contributed by atoms with E-state index < -0.39 is 0 Å². The summed E-state index contributed by atoms with van der Waals surface area (Å²) in [6.45, 7) is 4.22. The van der Waals surface area contributed by atoms with Crippen molar-refractivity contribution in [2.24, 2.45) is 0 Å². The highest BCUT2D eigenvalue weighted by atomic mass is 32.1. The summed E-state index contributed by atoms with van der Waals surface area (Å²) < 4.78 is 0. The molecule has 0 aromatic heterocycles. The Hall–Kier alpha value is -2.73. The smallest absolute Gasteiger partial charge is 0.257 e. The maximum absolute atomic E-state index is 12.3. The molecule has 2 amide bonds. The highest BCUT2D eigenvalue weighted by Gasteiger charge is 2.09. The molecule has 0 radical (unpaired) electrons. The second kappa shape index (κ2) is 9.83. The van der Waals surface area contributed by atoms with Gasteiger partial charge in [0.1, 0.15) is 0 Å². The van der Waals surface area contributed by atoms with Gasteiger partial charge in [-0.25, -0.2) is 0 Å². The molecule has 0 aliphatic rings. The van der Waals surface area contributed by atoms with Crippen molar-refractivity contribution < 1.29 is 9.59 Å². The molecule has 6 heteroatoms. The maximum Gasteiger partial charge on any atom is 0.257 e. The van der Waals surface area contributed by atoms with Crippen LogP contribution in [0.2, 0.25) is 0 Å². The van der Waals surface area contributed by atoms with Crippen LogP contribution in [0.5, 0.6) is 0 Å². The largest absolute Gasteiger partial charge is 0.359 e. The van der Waals surface area contributed by atoms with E-state index in [1.54, 1.807) is 19.2 Å². The third-order valence-electron chi connectivity index (χ3n) is 4.20. The number of carbonyl (C=O) groups is 2. The van der Waals surface area contributed by atoms with Crippen molar-refractivity contribution >= 4 is 34.8 Å². The third-order valence-corrected chi connectivity index (χ3v) is 4.40. The molecule has 0 aliphatic carbocycles. The first-order valence-electron chi connectivity index (χ1n) is 8.91. The van der Waals surface area contributed by atoms with E-state index in [2.05, 4.69) is 29.8 Å². The standard InChI is InChI=1S/C21H25N3O2S/c1-14(2)16-7-9-17(10-8-16)20(26)24-21(27)23-18-11-4-15(5-12-18)6-13-19(25)22-3/h4-5,7-12,14H,6,13H2,1-3H3,(H,22,25)(H2,23,24,26,27). The summed E-state index contributed by atoms with van der Waals surface area (Å²) in [5.41, 5.74) is 3.58. The van der Waals surface area contributed by atoms with Gasteiger partial charge in [-0.2, -0.15) is 0 Å². The third kappa shape index (κ3) is 6.49. The van der Waals surface area contributed by atoms with Crippen LogP contribution in [-0.2, 0) is 11.2 Å². The van der Waals surface area contributed by atoms with Crippen molar-refractivity contribution in [3.05, 3.63) is 65.2 Å². The van der Waals surface area contributed by atoms with Gasteiger partial charge in [-0.15, -0.1) is 0 Å².